The molecule has 0 bridgehead atoms. The monoisotopic (exact) mass is 139 g/mol. The molecule has 0 aliphatic carbocycles. The van der Waals surface area contributed by atoms with Crippen molar-refractivity contribution in [3.05, 3.63) is 0 Å². The van der Waals surface area contributed by atoms with E-state index < -0.39 is 0 Å². The van der Waals surface area contributed by atoms with Crippen molar-refractivity contribution < 1.29 is 17.1 Å². The van der Waals surface area contributed by atoms with Gasteiger partial charge in [-0.3, -0.25) is 0 Å². The Kier molecular flexibility index (Phi) is 3.79. The van der Waals surface area contributed by atoms with Crippen LogP contribution >= 0.6 is 9.75 Å². The zero-order chi connectivity index (χ0) is 4.28. The number of hydrogen-bond donors (Lipinski definition) is 0. The van der Waals surface area contributed by atoms with Gasteiger partial charge in [-0.15, -0.1) is 0 Å². The van der Waals surface area contributed by atoms with Crippen LogP contribution in [0.1, 0.15) is 13.8 Å². The first kappa shape index (κ1) is 5.97. The van der Waals surface area contributed by atoms with Crippen molar-refractivity contribution in [2.45, 2.75) is 19.1 Å². The van der Waals surface area contributed by atoms with Gasteiger partial charge in [-0.05, 0) is 0 Å². The Bertz CT molecular complexity index is 20.9. The van der Waals surface area contributed by atoms with Crippen LogP contribution in [0.2, 0.25) is 0 Å². The molecule has 0 atom stereocenters. The normalized spacial score (nSPS) is 9.80. The van der Waals surface area contributed by atoms with Gasteiger partial charge in [0.05, 0.1) is 0 Å². The Morgan fingerprint density at radius 1 is 1.60 bits per heavy atom. The molecular weight excluding hydrogens is 133 g/mol. The molecule has 0 spiro atoms. The predicted octanol–water partition coefficient (Wildman–Crippen LogP) is 1.59. The van der Waals surface area contributed by atoms with Crippen LogP contribution in [0.25, 0.3) is 0 Å². The molecule has 0 aliphatic rings. The summed E-state index contributed by atoms with van der Waals surface area (Å²) in [6.07, 6.45) is 0. The quantitative estimate of drug-likeness (QED) is 0.499. The van der Waals surface area contributed by atoms with Gasteiger partial charge in [0.15, 0.2) is 0 Å². The van der Waals surface area contributed by atoms with Gasteiger partial charge in [0.2, 0.25) is 0 Å². The summed E-state index contributed by atoms with van der Waals surface area (Å²) in [5.41, 5.74) is 0. The van der Waals surface area contributed by atoms with E-state index in [9.17, 15) is 0 Å². The van der Waals surface area contributed by atoms with E-state index >= 15 is 0 Å². The average Bonchev–Trinajstić information content (AvgIpc) is 1.38. The zero-order valence-electron chi connectivity index (χ0n) is 3.69. The van der Waals surface area contributed by atoms with E-state index in [-0.39, 0.29) is 0 Å². The molecule has 0 saturated heterocycles. The van der Waals surface area contributed by atoms with Crippen LogP contribution in [0, 0.1) is 0 Å². The zero-order valence-corrected chi connectivity index (χ0v) is 7.48. The maximum absolute atomic E-state index is 2.22. The second kappa shape index (κ2) is 3.17. The SMILES string of the molecule is CC(C)[S][Zn]. The Hall–Kier alpha value is 0.973. The standard InChI is InChI=1S/C3H8S.Zn/c1-3(2)4;/h3-4H,1-2H3;/q;+1/p-1. The van der Waals surface area contributed by atoms with Gasteiger partial charge in [0, 0.05) is 0 Å². The van der Waals surface area contributed by atoms with Gasteiger partial charge in [-0.1, -0.05) is 0 Å². The van der Waals surface area contributed by atoms with E-state index in [1.807, 2.05) is 9.75 Å². The molecule has 0 amide bonds. The van der Waals surface area contributed by atoms with E-state index in [1.54, 1.807) is 0 Å². The van der Waals surface area contributed by atoms with E-state index in [1.165, 1.54) is 17.1 Å². The first-order valence-electron chi connectivity index (χ1n) is 1.68. The van der Waals surface area contributed by atoms with E-state index in [2.05, 4.69) is 13.8 Å². The van der Waals surface area contributed by atoms with E-state index in [0.29, 0.717) is 0 Å². The maximum atomic E-state index is 2.22. The van der Waals surface area contributed by atoms with Crippen LogP contribution < -0.4 is 0 Å². The third kappa shape index (κ3) is 4.97. The van der Waals surface area contributed by atoms with E-state index in [4.69, 9.17) is 0 Å². The van der Waals surface area contributed by atoms with Crippen molar-refractivity contribution in [1.29, 1.82) is 0 Å². The van der Waals surface area contributed by atoms with Crippen molar-refractivity contribution >= 4 is 9.75 Å². The van der Waals surface area contributed by atoms with Crippen LogP contribution in [0.3, 0.4) is 0 Å². The molecule has 0 nitrogen and oxygen atoms in total. The Morgan fingerprint density at radius 3 is 1.80 bits per heavy atom. The Balaban J connectivity index is 2.54. The van der Waals surface area contributed by atoms with Crippen LogP contribution in [0.4, 0.5) is 0 Å². The molecule has 27 valence electrons. The molecule has 0 aromatic rings. The summed E-state index contributed by atoms with van der Waals surface area (Å²) in [7, 11) is 2.00. The fourth-order valence-corrected chi connectivity index (χ4v) is 0. The molecule has 2 heteroatoms. The molecule has 0 fully saturated rings. The van der Waals surface area contributed by atoms with Gasteiger partial charge in [-0.25, -0.2) is 0 Å². The summed E-state index contributed by atoms with van der Waals surface area (Å²) >= 11 is 1.37. The summed E-state index contributed by atoms with van der Waals surface area (Å²) in [4.78, 5) is 0. The second-order valence-corrected chi connectivity index (χ2v) is 4.59. The van der Waals surface area contributed by atoms with Crippen molar-refractivity contribution in [3.63, 3.8) is 0 Å². The molecule has 0 radical (unpaired) electrons. The molecule has 0 aliphatic heterocycles. The summed E-state index contributed by atoms with van der Waals surface area (Å²) in [6, 6.07) is 0. The molecule has 0 rings (SSSR count). The van der Waals surface area contributed by atoms with Gasteiger partial charge in [-0.2, -0.15) is 0 Å². The predicted molar refractivity (Wildman–Crippen MR) is 22.7 cm³/mol. The van der Waals surface area contributed by atoms with Crippen molar-refractivity contribution in [2.24, 2.45) is 0 Å². The second-order valence-electron chi connectivity index (χ2n) is 1.22. The number of rotatable bonds is 1. The van der Waals surface area contributed by atoms with E-state index in [0.717, 1.165) is 5.25 Å². The van der Waals surface area contributed by atoms with Gasteiger partial charge < -0.3 is 0 Å². The Labute approximate surface area is 46.2 Å². The molecule has 0 N–H and O–H groups in total. The molecule has 0 heterocycles. The minimum atomic E-state index is 0.856. The van der Waals surface area contributed by atoms with Crippen LogP contribution in [-0.2, 0) is 17.1 Å². The summed E-state index contributed by atoms with van der Waals surface area (Å²) in [5, 5.41) is 0.856. The molecular formula is C3H7SZn. The fraction of sp³-hybridized carbons (Fsp3) is 1.00. The van der Waals surface area contributed by atoms with Crippen molar-refractivity contribution in [3.8, 4) is 0 Å². The molecule has 0 aromatic heterocycles. The van der Waals surface area contributed by atoms with Gasteiger partial charge in [0.1, 0.15) is 0 Å². The van der Waals surface area contributed by atoms with Gasteiger partial charge >= 0.3 is 45.9 Å². The topological polar surface area (TPSA) is 0 Å². The van der Waals surface area contributed by atoms with Crippen LogP contribution in [-0.4, -0.2) is 5.25 Å². The summed E-state index contributed by atoms with van der Waals surface area (Å²) in [5.74, 6) is 0. The van der Waals surface area contributed by atoms with Crippen LogP contribution in [0.5, 0.6) is 0 Å². The average molecular weight is 141 g/mol. The molecule has 0 aromatic carbocycles. The first-order chi connectivity index (χ1) is 2.27. The summed E-state index contributed by atoms with van der Waals surface area (Å²) < 4.78 is 0. The molecule has 0 saturated carbocycles. The van der Waals surface area contributed by atoms with Gasteiger partial charge in [0.25, 0.3) is 0 Å². The van der Waals surface area contributed by atoms with Crippen LogP contribution in [0.15, 0.2) is 0 Å². The molecule has 5 heavy (non-hydrogen) atoms. The van der Waals surface area contributed by atoms with Crippen molar-refractivity contribution in [2.75, 3.05) is 0 Å². The number of hydrogen-bond acceptors (Lipinski definition) is 1. The summed E-state index contributed by atoms with van der Waals surface area (Å²) in [6.45, 7) is 4.43. The third-order valence-electron chi connectivity index (χ3n) is 0.333. The van der Waals surface area contributed by atoms with Crippen molar-refractivity contribution in [1.82, 2.24) is 0 Å². The Morgan fingerprint density at radius 2 is 1.80 bits per heavy atom. The molecule has 0 unspecified atom stereocenters. The fourth-order valence-electron chi connectivity index (χ4n) is 0. The minimum absolute atomic E-state index is 0.856. The first-order valence-corrected chi connectivity index (χ1v) is 6.36. The third-order valence-corrected chi connectivity index (χ3v) is 5.20.